The molecule has 9 atom stereocenters. The van der Waals surface area contributed by atoms with Crippen molar-refractivity contribution in [1.29, 1.82) is 0 Å². The second-order valence-electron chi connectivity index (χ2n) is 16.3. The van der Waals surface area contributed by atoms with Crippen molar-refractivity contribution in [1.82, 2.24) is 25.3 Å². The predicted molar refractivity (Wildman–Crippen MR) is 227 cm³/mol. The molecule has 328 valence electrons. The lowest BCUT2D eigenvalue weighted by Crippen LogP contribution is -2.59. The van der Waals surface area contributed by atoms with Crippen LogP contribution in [-0.4, -0.2) is 142 Å². The number of ether oxygens (including phenoxy) is 3. The molecule has 0 aromatic heterocycles. The monoisotopic (exact) mass is 815 g/mol. The SMILES string of the molecule is C=C(C)C(C(=O)NC(C(=O)N(C)C(C(C)CC)C(CC(=O)N1CCCC1C(OC)C(C)C(=O)NC(Cc1ccccc1)C(=O)OC)OC)C(C)C)N(C)CCCCN. The fourth-order valence-corrected chi connectivity index (χ4v) is 8.19. The van der Waals surface area contributed by atoms with E-state index < -0.39 is 54.3 Å². The van der Waals surface area contributed by atoms with E-state index in [9.17, 15) is 24.0 Å². The molecule has 0 radical (unpaired) electrons. The van der Waals surface area contributed by atoms with Crippen molar-refractivity contribution in [3.05, 3.63) is 48.0 Å². The van der Waals surface area contributed by atoms with Gasteiger partial charge in [0.1, 0.15) is 18.1 Å². The molecule has 1 aromatic rings. The molecular weight excluding hydrogens is 741 g/mol. The van der Waals surface area contributed by atoms with E-state index in [0.29, 0.717) is 38.0 Å². The highest BCUT2D eigenvalue weighted by atomic mass is 16.5. The Kier molecular flexibility index (Phi) is 21.6. The number of amides is 4. The summed E-state index contributed by atoms with van der Waals surface area (Å²) in [6.45, 7) is 17.2. The summed E-state index contributed by atoms with van der Waals surface area (Å²) in [5.41, 5.74) is 7.23. The van der Waals surface area contributed by atoms with E-state index >= 15 is 0 Å². The number of nitrogens with zero attached hydrogens (tertiary/aromatic N) is 3. The molecule has 9 unspecified atom stereocenters. The zero-order chi connectivity index (χ0) is 43.7. The summed E-state index contributed by atoms with van der Waals surface area (Å²) in [5, 5.41) is 5.90. The number of nitrogens with one attached hydrogen (secondary N) is 2. The minimum absolute atomic E-state index is 0.0117. The summed E-state index contributed by atoms with van der Waals surface area (Å²) in [6.07, 6.45) is 2.65. The molecule has 1 aromatic carbocycles. The summed E-state index contributed by atoms with van der Waals surface area (Å²) in [4.78, 5) is 74.2. The molecule has 1 heterocycles. The average molecular weight is 815 g/mol. The Morgan fingerprint density at radius 3 is 2.16 bits per heavy atom. The summed E-state index contributed by atoms with van der Waals surface area (Å²) >= 11 is 0. The molecule has 14 heteroatoms. The first-order valence-electron chi connectivity index (χ1n) is 20.9. The van der Waals surface area contributed by atoms with Gasteiger partial charge in [-0.25, -0.2) is 4.79 Å². The Hall–Kier alpha value is -3.85. The van der Waals surface area contributed by atoms with Crippen molar-refractivity contribution in [2.24, 2.45) is 23.5 Å². The summed E-state index contributed by atoms with van der Waals surface area (Å²) in [6, 6.07) is 6.12. The maximum Gasteiger partial charge on any atom is 0.328 e. The first-order valence-corrected chi connectivity index (χ1v) is 20.9. The summed E-state index contributed by atoms with van der Waals surface area (Å²) in [7, 11) is 7.94. The van der Waals surface area contributed by atoms with Gasteiger partial charge in [0.25, 0.3) is 0 Å². The molecular formula is C44H74N6O8. The Labute approximate surface area is 347 Å². The average Bonchev–Trinajstić information content (AvgIpc) is 3.68. The van der Waals surface area contributed by atoms with Crippen LogP contribution < -0.4 is 16.4 Å². The van der Waals surface area contributed by atoms with Crippen LogP contribution in [0.5, 0.6) is 0 Å². The van der Waals surface area contributed by atoms with Gasteiger partial charge in [-0.2, -0.15) is 0 Å². The van der Waals surface area contributed by atoms with E-state index in [1.807, 2.05) is 76.9 Å². The number of hydrogen-bond acceptors (Lipinski definition) is 10. The third-order valence-electron chi connectivity index (χ3n) is 11.7. The fraction of sp³-hybridized carbons (Fsp3) is 0.705. The second-order valence-corrected chi connectivity index (χ2v) is 16.3. The van der Waals surface area contributed by atoms with Crippen molar-refractivity contribution in [2.75, 3.05) is 55.1 Å². The summed E-state index contributed by atoms with van der Waals surface area (Å²) < 4.78 is 17.0. The number of rotatable bonds is 25. The number of unbranched alkanes of at least 4 members (excludes halogenated alkanes) is 1. The van der Waals surface area contributed by atoms with Gasteiger partial charge in [-0.1, -0.05) is 83.5 Å². The van der Waals surface area contributed by atoms with E-state index in [-0.39, 0.29) is 48.3 Å². The van der Waals surface area contributed by atoms with E-state index in [1.54, 1.807) is 30.9 Å². The molecule has 14 nitrogen and oxygen atoms in total. The number of benzene rings is 1. The highest BCUT2D eigenvalue weighted by molar-refractivity contribution is 5.91. The van der Waals surface area contributed by atoms with Gasteiger partial charge in [0.15, 0.2) is 0 Å². The molecule has 1 fully saturated rings. The molecule has 1 aliphatic rings. The largest absolute Gasteiger partial charge is 0.467 e. The Bertz CT molecular complexity index is 1480. The van der Waals surface area contributed by atoms with E-state index in [4.69, 9.17) is 19.9 Å². The third-order valence-corrected chi connectivity index (χ3v) is 11.7. The lowest BCUT2D eigenvalue weighted by Gasteiger charge is -2.41. The number of nitrogens with two attached hydrogens (primary N) is 1. The molecule has 0 saturated carbocycles. The van der Waals surface area contributed by atoms with Crippen LogP contribution >= 0.6 is 0 Å². The minimum atomic E-state index is -0.898. The first-order chi connectivity index (χ1) is 27.5. The van der Waals surface area contributed by atoms with Gasteiger partial charge in [-0.05, 0) is 70.1 Å². The first kappa shape index (κ1) is 50.3. The fourth-order valence-electron chi connectivity index (χ4n) is 8.19. The molecule has 4 N–H and O–H groups in total. The third kappa shape index (κ3) is 13.9. The van der Waals surface area contributed by atoms with E-state index in [2.05, 4.69) is 17.2 Å². The van der Waals surface area contributed by atoms with Gasteiger partial charge in [0.2, 0.25) is 23.6 Å². The molecule has 1 aliphatic heterocycles. The quantitative estimate of drug-likeness (QED) is 0.0753. The highest BCUT2D eigenvalue weighted by Gasteiger charge is 2.43. The number of likely N-dealkylation sites (N-methyl/N-ethyl adjacent to an activating group) is 2. The van der Waals surface area contributed by atoms with Crippen molar-refractivity contribution in [3.8, 4) is 0 Å². The van der Waals surface area contributed by atoms with Crippen molar-refractivity contribution < 1.29 is 38.2 Å². The van der Waals surface area contributed by atoms with Crippen LogP contribution in [0, 0.1) is 17.8 Å². The lowest BCUT2D eigenvalue weighted by atomic mass is 9.89. The Morgan fingerprint density at radius 1 is 0.966 bits per heavy atom. The van der Waals surface area contributed by atoms with Crippen molar-refractivity contribution >= 4 is 29.6 Å². The van der Waals surface area contributed by atoms with Crippen LogP contribution in [0.3, 0.4) is 0 Å². The van der Waals surface area contributed by atoms with Gasteiger partial charge in [-0.3, -0.25) is 24.1 Å². The second kappa shape index (κ2) is 24.9. The van der Waals surface area contributed by atoms with Gasteiger partial charge < -0.3 is 40.4 Å². The summed E-state index contributed by atoms with van der Waals surface area (Å²) in [5.74, 6) is -2.69. The highest BCUT2D eigenvalue weighted by Crippen LogP contribution is 2.30. The zero-order valence-corrected chi connectivity index (χ0v) is 37.1. The normalized spacial score (nSPS) is 18.4. The lowest BCUT2D eigenvalue weighted by molar-refractivity contribution is -0.149. The molecule has 0 spiro atoms. The molecule has 58 heavy (non-hydrogen) atoms. The number of esters is 1. The molecule has 0 bridgehead atoms. The predicted octanol–water partition coefficient (Wildman–Crippen LogP) is 3.56. The zero-order valence-electron chi connectivity index (χ0n) is 37.1. The van der Waals surface area contributed by atoms with Gasteiger partial charge >= 0.3 is 5.97 Å². The standard InChI is InChI=1S/C44H74N6O8/c1-13-30(6)39(49(9)43(54)37(28(2)3)47-42(53)38(29(4)5)48(8)24-18-17-23-45)35(56-10)27-36(51)50-25-19-22-34(50)40(57-11)31(7)41(52)46-33(44(55)58-12)26-32-20-15-14-16-21-32/h14-16,20-21,28,30-31,33-35,37-40H,4,13,17-19,22-27,45H2,1-3,5-12H3,(H,46,52)(H,47,53). The van der Waals surface area contributed by atoms with Crippen LogP contribution in [0.25, 0.3) is 0 Å². The molecule has 0 aliphatic carbocycles. The Morgan fingerprint density at radius 2 is 1.62 bits per heavy atom. The number of methoxy groups -OCH3 is 3. The topological polar surface area (TPSA) is 173 Å². The van der Waals surface area contributed by atoms with Gasteiger partial charge in [-0.15, -0.1) is 0 Å². The van der Waals surface area contributed by atoms with Crippen LogP contribution in [0.2, 0.25) is 0 Å². The molecule has 1 saturated heterocycles. The molecule has 2 rings (SSSR count). The van der Waals surface area contributed by atoms with Crippen molar-refractivity contribution in [2.45, 2.75) is 129 Å². The number of likely N-dealkylation sites (tertiary alicyclic amines) is 1. The Balaban J connectivity index is 2.29. The minimum Gasteiger partial charge on any atom is -0.467 e. The molecule has 4 amide bonds. The van der Waals surface area contributed by atoms with E-state index in [1.165, 1.54) is 14.2 Å². The maximum atomic E-state index is 14.4. The number of hydrogen-bond donors (Lipinski definition) is 3. The van der Waals surface area contributed by atoms with Gasteiger partial charge in [0.05, 0.1) is 43.7 Å². The maximum absolute atomic E-state index is 14.4. The number of carbonyl (C=O) groups is 5. The van der Waals surface area contributed by atoms with Crippen molar-refractivity contribution in [3.63, 3.8) is 0 Å². The smallest absolute Gasteiger partial charge is 0.328 e. The van der Waals surface area contributed by atoms with Crippen LogP contribution in [0.4, 0.5) is 0 Å². The van der Waals surface area contributed by atoms with Crippen LogP contribution in [-0.2, 0) is 44.6 Å². The van der Waals surface area contributed by atoms with Crippen LogP contribution in [0.1, 0.15) is 85.6 Å². The van der Waals surface area contributed by atoms with Crippen LogP contribution in [0.15, 0.2) is 42.5 Å². The number of carbonyl (C=O) groups excluding carboxylic acids is 5. The van der Waals surface area contributed by atoms with Gasteiger partial charge in [0, 0.05) is 34.2 Å². The van der Waals surface area contributed by atoms with E-state index in [0.717, 1.165) is 24.8 Å².